The van der Waals surface area contributed by atoms with Crippen LogP contribution in [0, 0.1) is 0 Å². The standard InChI is InChI=1S/C58H80B2N2O6/c1-3-5-7-9-11-13-15-17-19-25-43-67-57-45-52(34-40-56-28-22-24-42-62(56)48-50-31-37-54(38-32-50)60(65)66)58(68-44-26-20-18-16-14-12-10-8-6-4-2)46-51(57)33-39-55-27-21-23-41-61(55)47-49-29-35-53(36-30-49)59(63)64/h21-24,27-42,45-46,63-66H,3-20,25-26,43-44,47-48H2,1-2H3/q+2/b39-33+,40-34+. The molecule has 68 heavy (non-hydrogen) atoms. The zero-order valence-electron chi connectivity index (χ0n) is 41.3. The first kappa shape index (κ1) is 54.0. The predicted molar refractivity (Wildman–Crippen MR) is 283 cm³/mol. The van der Waals surface area contributed by atoms with Crippen LogP contribution in [0.3, 0.4) is 0 Å². The maximum Gasteiger partial charge on any atom is 0.488 e. The molecule has 0 saturated carbocycles. The molecule has 3 aromatic carbocycles. The molecular weight excluding hydrogens is 842 g/mol. The third-order valence-electron chi connectivity index (χ3n) is 12.7. The maximum atomic E-state index is 9.62. The van der Waals surface area contributed by atoms with Crippen molar-refractivity contribution in [1.82, 2.24) is 0 Å². The predicted octanol–water partition coefficient (Wildman–Crippen LogP) is 10.7. The van der Waals surface area contributed by atoms with Gasteiger partial charge in [0.2, 0.25) is 11.4 Å². The Kier molecular flexibility index (Phi) is 25.3. The fraction of sp³-hybridized carbons (Fsp3) is 0.448. The molecule has 2 heterocycles. The number of aromatic nitrogens is 2. The number of nitrogens with zero attached hydrogens (tertiary/aromatic N) is 2. The molecule has 0 spiro atoms. The Morgan fingerprint density at radius 3 is 1.09 bits per heavy atom. The molecule has 0 radical (unpaired) electrons. The highest BCUT2D eigenvalue weighted by Crippen LogP contribution is 2.33. The van der Waals surface area contributed by atoms with E-state index >= 15 is 0 Å². The van der Waals surface area contributed by atoms with E-state index in [1.54, 1.807) is 24.3 Å². The van der Waals surface area contributed by atoms with E-state index in [0.717, 1.165) is 70.8 Å². The summed E-state index contributed by atoms with van der Waals surface area (Å²) in [4.78, 5) is 0. The highest BCUT2D eigenvalue weighted by Gasteiger charge is 2.16. The van der Waals surface area contributed by atoms with Crippen molar-refractivity contribution in [3.05, 3.63) is 143 Å². The summed E-state index contributed by atoms with van der Waals surface area (Å²) in [5.74, 6) is 1.63. The molecular formula is C58H80B2N2O6+2. The second kappa shape index (κ2) is 31.9. The molecule has 0 fully saturated rings. The Labute approximate surface area is 409 Å². The summed E-state index contributed by atoms with van der Waals surface area (Å²) < 4.78 is 17.8. The number of hydrogen-bond donors (Lipinski definition) is 4. The summed E-state index contributed by atoms with van der Waals surface area (Å²) in [6.45, 7) is 7.05. The lowest BCUT2D eigenvalue weighted by atomic mass is 9.80. The van der Waals surface area contributed by atoms with E-state index in [1.807, 2.05) is 48.5 Å². The molecule has 0 amide bonds. The van der Waals surface area contributed by atoms with Crippen LogP contribution in [0.5, 0.6) is 11.5 Å². The lowest BCUT2D eigenvalue weighted by molar-refractivity contribution is -0.690. The smallest absolute Gasteiger partial charge is 0.488 e. The molecule has 0 aliphatic heterocycles. The molecule has 362 valence electrons. The van der Waals surface area contributed by atoms with Crippen molar-refractivity contribution in [1.29, 1.82) is 0 Å². The van der Waals surface area contributed by atoms with Gasteiger partial charge in [-0.25, -0.2) is 0 Å². The van der Waals surface area contributed by atoms with Crippen LogP contribution in [-0.4, -0.2) is 47.5 Å². The second-order valence-electron chi connectivity index (χ2n) is 18.4. The molecule has 8 nitrogen and oxygen atoms in total. The van der Waals surface area contributed by atoms with Crippen molar-refractivity contribution in [2.45, 2.75) is 155 Å². The first-order chi connectivity index (χ1) is 33.3. The summed E-state index contributed by atoms with van der Waals surface area (Å²) in [7, 11) is -2.99. The van der Waals surface area contributed by atoms with E-state index in [0.29, 0.717) is 37.2 Å². The Morgan fingerprint density at radius 1 is 0.412 bits per heavy atom. The summed E-state index contributed by atoms with van der Waals surface area (Å²) in [6, 6.07) is 31.4. The highest BCUT2D eigenvalue weighted by molar-refractivity contribution is 6.58. The fourth-order valence-electron chi connectivity index (χ4n) is 8.55. The SMILES string of the molecule is CCCCCCCCCCCCOc1cc(/C=C/c2cccc[n+]2Cc2ccc(B(O)O)cc2)c(OCCCCCCCCCCCC)cc1/C=C/c1cccc[n+]1Cc1ccc(B(O)O)cc1. The summed E-state index contributed by atoms with van der Waals surface area (Å²) in [5, 5.41) is 38.5. The normalized spacial score (nSPS) is 11.5. The molecule has 5 rings (SSSR count). The minimum atomic E-state index is -1.49. The van der Waals surface area contributed by atoms with Gasteiger partial charge in [0.1, 0.15) is 11.5 Å². The number of unbranched alkanes of at least 4 members (excludes halogenated alkanes) is 18. The molecule has 10 heteroatoms. The van der Waals surface area contributed by atoms with Crippen molar-refractivity contribution in [2.75, 3.05) is 13.2 Å². The van der Waals surface area contributed by atoms with E-state index in [2.05, 4.69) is 83.9 Å². The van der Waals surface area contributed by atoms with Crippen LogP contribution in [0.15, 0.2) is 109 Å². The van der Waals surface area contributed by atoms with Crippen LogP contribution in [0.4, 0.5) is 0 Å². The zero-order valence-corrected chi connectivity index (χ0v) is 41.3. The van der Waals surface area contributed by atoms with Gasteiger partial charge in [0.25, 0.3) is 0 Å². The fourth-order valence-corrected chi connectivity index (χ4v) is 8.55. The van der Waals surface area contributed by atoms with E-state index < -0.39 is 14.2 Å². The maximum absolute atomic E-state index is 9.62. The third kappa shape index (κ3) is 19.9. The van der Waals surface area contributed by atoms with Crippen molar-refractivity contribution in [3.63, 3.8) is 0 Å². The minimum absolute atomic E-state index is 0.470. The molecule has 5 aromatic rings. The Bertz CT molecular complexity index is 2050. The number of pyridine rings is 2. The molecule has 4 N–H and O–H groups in total. The monoisotopic (exact) mass is 923 g/mol. The Hall–Kier alpha value is -4.99. The van der Waals surface area contributed by atoms with Gasteiger partial charge in [-0.2, -0.15) is 9.13 Å². The molecule has 0 aliphatic carbocycles. The number of ether oxygens (including phenoxy) is 2. The topological polar surface area (TPSA) is 107 Å². The summed E-state index contributed by atoms with van der Waals surface area (Å²) in [5.41, 5.74) is 7.00. The van der Waals surface area contributed by atoms with Gasteiger partial charge < -0.3 is 29.6 Å². The molecule has 2 aromatic heterocycles. The average molecular weight is 923 g/mol. The molecule has 0 bridgehead atoms. The lowest BCUT2D eigenvalue weighted by Crippen LogP contribution is -2.37. The minimum Gasteiger partial charge on any atom is -0.493 e. The Balaban J connectivity index is 1.39. The lowest BCUT2D eigenvalue weighted by Gasteiger charge is -2.15. The summed E-state index contributed by atoms with van der Waals surface area (Å²) in [6.07, 6.45) is 37.9. The van der Waals surface area contributed by atoms with E-state index in [1.165, 1.54) is 103 Å². The van der Waals surface area contributed by atoms with Crippen LogP contribution in [0.2, 0.25) is 0 Å². The van der Waals surface area contributed by atoms with Gasteiger partial charge in [-0.1, -0.05) is 178 Å². The van der Waals surface area contributed by atoms with E-state index in [-0.39, 0.29) is 0 Å². The van der Waals surface area contributed by atoms with Crippen LogP contribution in [-0.2, 0) is 13.1 Å². The highest BCUT2D eigenvalue weighted by atomic mass is 16.5. The van der Waals surface area contributed by atoms with Gasteiger partial charge in [-0.15, -0.1) is 0 Å². The van der Waals surface area contributed by atoms with Gasteiger partial charge in [0.05, 0.1) is 13.2 Å². The van der Waals surface area contributed by atoms with Crippen molar-refractivity contribution < 1.29 is 38.7 Å². The molecule has 0 saturated heterocycles. The number of benzene rings is 3. The second-order valence-corrected chi connectivity index (χ2v) is 18.4. The third-order valence-corrected chi connectivity index (χ3v) is 12.7. The molecule has 0 atom stereocenters. The van der Waals surface area contributed by atoms with Crippen LogP contribution in [0.1, 0.15) is 176 Å². The summed E-state index contributed by atoms with van der Waals surface area (Å²) >= 11 is 0. The first-order valence-electron chi connectivity index (χ1n) is 26.0. The van der Waals surface area contributed by atoms with Gasteiger partial charge in [-0.05, 0) is 60.2 Å². The average Bonchev–Trinajstić information content (AvgIpc) is 3.35. The molecule has 0 aliphatic rings. The van der Waals surface area contributed by atoms with Gasteiger partial charge in [0.15, 0.2) is 25.5 Å². The van der Waals surface area contributed by atoms with Crippen molar-refractivity contribution in [3.8, 4) is 11.5 Å². The quantitative estimate of drug-likeness (QED) is 0.0186. The van der Waals surface area contributed by atoms with Crippen LogP contribution in [0.25, 0.3) is 24.3 Å². The van der Waals surface area contributed by atoms with Crippen LogP contribution >= 0.6 is 0 Å². The Morgan fingerprint density at radius 2 is 0.750 bits per heavy atom. The van der Waals surface area contributed by atoms with Crippen LogP contribution < -0.4 is 29.5 Å². The number of hydrogen-bond acceptors (Lipinski definition) is 6. The first-order valence-corrected chi connectivity index (χ1v) is 26.0. The van der Waals surface area contributed by atoms with E-state index in [9.17, 15) is 20.1 Å². The number of rotatable bonds is 34. The zero-order chi connectivity index (χ0) is 48.0. The van der Waals surface area contributed by atoms with E-state index in [4.69, 9.17) is 9.47 Å². The largest absolute Gasteiger partial charge is 0.493 e. The van der Waals surface area contributed by atoms with Gasteiger partial charge in [0, 0.05) is 58.7 Å². The van der Waals surface area contributed by atoms with Crippen molar-refractivity contribution in [2.24, 2.45) is 0 Å². The molecule has 0 unspecified atom stereocenters. The van der Waals surface area contributed by atoms with Gasteiger partial charge in [-0.3, -0.25) is 0 Å². The van der Waals surface area contributed by atoms with Crippen molar-refractivity contribution >= 4 is 49.5 Å². The van der Waals surface area contributed by atoms with Gasteiger partial charge >= 0.3 is 14.2 Å².